The van der Waals surface area contributed by atoms with Crippen LogP contribution in [-0.4, -0.2) is 161 Å². The number of aliphatic hydroxyl groups is 4. The number of phenols is 4. The largest absolute Gasteiger partial charge is 0.508 e. The first kappa shape index (κ1) is 98.4. The van der Waals surface area contributed by atoms with Crippen LogP contribution in [0.1, 0.15) is 220 Å². The number of aromatic hydroxyl groups is 4. The molecule has 6 aliphatic rings. The maximum atomic E-state index is 9.89. The zero-order valence-corrected chi connectivity index (χ0v) is 79.4. The average Bonchev–Trinajstić information content (AvgIpc) is 1.52. The number of anilines is 1. The second-order valence-corrected chi connectivity index (χ2v) is 37.7. The summed E-state index contributed by atoms with van der Waals surface area (Å²) >= 11 is 0. The van der Waals surface area contributed by atoms with Crippen LogP contribution < -0.4 is 14.8 Å². The number of ether oxygens (including phenoxy) is 2. The van der Waals surface area contributed by atoms with Crippen molar-refractivity contribution in [1.29, 1.82) is 0 Å². The molecule has 2 unspecified atom stereocenters. The third-order valence-corrected chi connectivity index (χ3v) is 28.2. The van der Waals surface area contributed by atoms with Gasteiger partial charge in [-0.3, -0.25) is 9.80 Å². The molecule has 12 aromatic rings. The Balaban J connectivity index is 0.000000138. The monoisotopic (exact) mass is 1820 g/mol. The third kappa shape index (κ3) is 28.1. The molecule has 136 heavy (non-hydrogen) atoms. The second-order valence-electron chi connectivity index (χ2n) is 37.7. The maximum Gasteiger partial charge on any atom is 0.119 e. The number of likely N-dealkylation sites (tertiary alicyclic amines) is 3. The number of hydrogen-bond donors (Lipinski definition) is 9. The summed E-state index contributed by atoms with van der Waals surface area (Å²) in [6.45, 7) is 13.4. The molecule has 9 N–H and O–H groups in total. The van der Waals surface area contributed by atoms with Gasteiger partial charge in [0, 0.05) is 77.9 Å². The zero-order valence-electron chi connectivity index (χ0n) is 79.4. The van der Waals surface area contributed by atoms with E-state index in [0.29, 0.717) is 50.2 Å². The normalized spacial score (nSPS) is 17.1. The fraction of sp³-hybridized carbons (Fsp3) is 0.344. The molecule has 2 atom stereocenters. The van der Waals surface area contributed by atoms with Crippen LogP contribution in [0.25, 0.3) is 44.6 Å². The highest BCUT2D eigenvalue weighted by Gasteiger charge is 2.45. The summed E-state index contributed by atoms with van der Waals surface area (Å²) < 4.78 is 12.2. The smallest absolute Gasteiger partial charge is 0.119 e. The zero-order chi connectivity index (χ0) is 93.9. The Morgan fingerprint density at radius 3 is 0.963 bits per heavy atom. The highest BCUT2D eigenvalue weighted by atomic mass is 16.5. The Kier molecular flexibility index (Phi) is 37.1. The predicted octanol–water partition coefficient (Wildman–Crippen LogP) is 25.4. The van der Waals surface area contributed by atoms with E-state index in [0.717, 1.165) is 153 Å². The molecule has 3 aliphatic carbocycles. The van der Waals surface area contributed by atoms with E-state index in [2.05, 4.69) is 190 Å². The summed E-state index contributed by atoms with van der Waals surface area (Å²) in [5.74, 6) is 5.39. The molecule has 6 fully saturated rings. The van der Waals surface area contributed by atoms with Gasteiger partial charge in [0.1, 0.15) is 47.7 Å². The number of fused-ring (bicyclic) bond motifs is 1. The summed E-state index contributed by atoms with van der Waals surface area (Å²) in [4.78, 5) is 7.65. The molecule has 1 spiro atoms. The van der Waals surface area contributed by atoms with Crippen LogP contribution in [0.4, 0.5) is 5.69 Å². The van der Waals surface area contributed by atoms with Crippen molar-refractivity contribution in [2.24, 2.45) is 17.3 Å². The number of benzene rings is 12. The first-order valence-electron chi connectivity index (χ1n) is 50.2. The number of piperidine rings is 2. The van der Waals surface area contributed by atoms with Crippen molar-refractivity contribution >= 4 is 50.3 Å². The molecule has 3 saturated heterocycles. The van der Waals surface area contributed by atoms with Crippen LogP contribution in [0.15, 0.2) is 315 Å². The van der Waals surface area contributed by atoms with E-state index < -0.39 is 0 Å². The van der Waals surface area contributed by atoms with Gasteiger partial charge >= 0.3 is 0 Å². The Morgan fingerprint density at radius 1 is 0.301 bits per heavy atom. The minimum absolute atomic E-state index is 0.143. The third-order valence-electron chi connectivity index (χ3n) is 28.2. The fourth-order valence-corrected chi connectivity index (χ4v) is 20.9. The minimum Gasteiger partial charge on any atom is -0.508 e. The molecule has 3 aliphatic heterocycles. The van der Waals surface area contributed by atoms with Crippen molar-refractivity contribution in [3.63, 3.8) is 0 Å². The lowest BCUT2D eigenvalue weighted by Gasteiger charge is -2.26. The van der Waals surface area contributed by atoms with Crippen molar-refractivity contribution in [3.05, 3.63) is 388 Å². The molecule has 14 nitrogen and oxygen atoms in total. The highest BCUT2D eigenvalue weighted by Crippen LogP contribution is 2.48. The Labute approximate surface area is 807 Å². The molecule has 0 radical (unpaired) electrons. The lowest BCUT2D eigenvalue weighted by Crippen LogP contribution is -2.33. The molecule has 3 heterocycles. The van der Waals surface area contributed by atoms with Gasteiger partial charge in [-0.2, -0.15) is 0 Å². The van der Waals surface area contributed by atoms with E-state index in [1.807, 2.05) is 97.1 Å². The van der Waals surface area contributed by atoms with E-state index >= 15 is 0 Å². The Hall–Kier alpha value is -12.1. The number of nitrogens with zero attached hydrogens (tertiary/aromatic N) is 3. The van der Waals surface area contributed by atoms with Gasteiger partial charge in [-0.05, 0) is 347 Å². The van der Waals surface area contributed by atoms with Crippen LogP contribution in [0.5, 0.6) is 34.5 Å². The number of hydrogen-bond acceptors (Lipinski definition) is 14. The van der Waals surface area contributed by atoms with Crippen LogP contribution in [0.2, 0.25) is 0 Å². The van der Waals surface area contributed by atoms with Gasteiger partial charge in [-0.25, -0.2) is 0 Å². The lowest BCUT2D eigenvalue weighted by molar-refractivity contribution is 0.213. The van der Waals surface area contributed by atoms with Crippen molar-refractivity contribution in [3.8, 4) is 34.5 Å². The number of allylic oxidation sites excluding steroid dienone is 4. The van der Waals surface area contributed by atoms with Crippen LogP contribution >= 0.6 is 0 Å². The van der Waals surface area contributed by atoms with Crippen molar-refractivity contribution in [1.82, 2.24) is 14.7 Å². The van der Waals surface area contributed by atoms with E-state index in [1.165, 1.54) is 174 Å². The van der Waals surface area contributed by atoms with Gasteiger partial charge in [0.15, 0.2) is 0 Å². The molecule has 3 saturated carbocycles. The number of aliphatic hydroxyl groups excluding tert-OH is 4. The van der Waals surface area contributed by atoms with Crippen LogP contribution in [0, 0.1) is 17.3 Å². The number of nitrogens with one attached hydrogen (secondary N) is 1. The van der Waals surface area contributed by atoms with Crippen molar-refractivity contribution in [2.45, 2.75) is 147 Å². The van der Waals surface area contributed by atoms with E-state index in [-0.39, 0.29) is 49.4 Å². The van der Waals surface area contributed by atoms with E-state index in [1.54, 1.807) is 48.5 Å². The first-order chi connectivity index (χ1) is 66.9. The molecular formula is C122H140N4O10. The van der Waals surface area contributed by atoms with Gasteiger partial charge < -0.3 is 60.5 Å². The second kappa shape index (κ2) is 51.2. The lowest BCUT2D eigenvalue weighted by atomic mass is 9.82. The van der Waals surface area contributed by atoms with Crippen molar-refractivity contribution in [2.75, 3.05) is 110 Å². The molecule has 0 bridgehead atoms. The predicted molar refractivity (Wildman–Crippen MR) is 558 cm³/mol. The highest BCUT2D eigenvalue weighted by molar-refractivity contribution is 6.02. The van der Waals surface area contributed by atoms with Crippen LogP contribution in [-0.2, 0) is 0 Å². The average molecular weight is 1820 g/mol. The van der Waals surface area contributed by atoms with Gasteiger partial charge in [0.25, 0.3) is 0 Å². The molecule has 708 valence electrons. The number of phenolic OH excluding ortho intramolecular Hbond substituents is 4. The number of rotatable bonds is 37. The summed E-state index contributed by atoms with van der Waals surface area (Å²) in [7, 11) is 0. The van der Waals surface area contributed by atoms with Gasteiger partial charge in [0.05, 0.1) is 0 Å². The van der Waals surface area contributed by atoms with Gasteiger partial charge in [-0.15, -0.1) is 0 Å². The summed E-state index contributed by atoms with van der Waals surface area (Å²) in [5, 5.41) is 81.3. The first-order valence-corrected chi connectivity index (χ1v) is 50.2. The topological polar surface area (TPSA) is 202 Å². The van der Waals surface area contributed by atoms with Crippen molar-refractivity contribution < 1.29 is 50.3 Å². The molecule has 18 rings (SSSR count). The van der Waals surface area contributed by atoms with E-state index in [9.17, 15) is 40.9 Å². The Morgan fingerprint density at radius 2 is 0.618 bits per heavy atom. The van der Waals surface area contributed by atoms with Gasteiger partial charge in [-0.1, -0.05) is 269 Å². The summed E-state index contributed by atoms with van der Waals surface area (Å²) in [5.41, 5.74) is 25.8. The van der Waals surface area contributed by atoms with Crippen LogP contribution in [0.3, 0.4) is 0 Å². The van der Waals surface area contributed by atoms with E-state index in [4.69, 9.17) is 9.47 Å². The molecular weight excluding hydrogens is 1680 g/mol. The standard InChI is InChI=1S/C33H39NO3.C30H36N2O2.C30H33NO3.C29H32O2/c35-23-6-9-31(26-7-2-1-3-8-26)32(27-10-14-29(36)15-11-27)28-12-16-30(17-13-28)37-24-22-34-21-20-33(25-34)18-4-5-19-33;33-23-7-10-29(24-8-3-1-4-9-24)30(26-13-17-28(34)18-14-26)25-11-15-27(16-12-25)31-19-22-32-20-5-2-6-21-32;32-17-4-7-29(22-5-2-1-3-6-22)30(23-8-12-27(33)13-9-23)24-10-14-28(15-11-24)34-18-16-31-20-25-19-26(25)21-31;30-21-7-12-28(24-10-5-2-6-11-24)29(26-17-19-27(31)20-18-26)25-15-13-23(14-16-25)22-8-3-1-4-9-22/h1-3,7-8,10-17,35-36H,4-6,9,18-25H2;1,3-4,8-9,11-18,31,33-34H,2,5-7,10,19-23H2;1-3,5-6,8-15,25-26,32-33H,4,7,16-21H2;2,5-6,10-11,13-20,22,30-31H,1,3-4,7-9,12,21H2/b32-31-;30-29+;30-29-;29-28+. The van der Waals surface area contributed by atoms with Gasteiger partial charge in [0.2, 0.25) is 0 Å². The molecule has 0 aromatic heterocycles. The summed E-state index contributed by atoms with van der Waals surface area (Å²) in [6, 6.07) is 106. The molecule has 14 heteroatoms. The summed E-state index contributed by atoms with van der Waals surface area (Å²) in [6.07, 6.45) is 24.9. The molecule has 0 amide bonds. The minimum atomic E-state index is 0.143. The fourth-order valence-electron chi connectivity index (χ4n) is 20.9. The quantitative estimate of drug-likeness (QED) is 0.0166. The molecule has 12 aromatic carbocycles. The Bertz CT molecular complexity index is 5550. The maximum absolute atomic E-state index is 9.89. The SMILES string of the molecule is OCCC/C(=C(\c1ccc(O)cc1)c1ccc(C2CCCCC2)cc1)c1ccccc1.OCCC/C(=C(\c1ccc(O)cc1)c1ccc(NCCN2CCCCC2)cc1)c1ccccc1.OCCC/C(=C(\c1ccc(O)cc1)c1ccc(OCCN2CC3CC3C2)cc1)c1ccccc1.OCCC/C(=C(\c1ccc(O)cc1)c1ccc(OCCN2CCC3(CCCC3)C2)cc1)c1ccccc1.